The van der Waals surface area contributed by atoms with Crippen molar-refractivity contribution in [1.29, 1.82) is 0 Å². The van der Waals surface area contributed by atoms with Gasteiger partial charge < -0.3 is 15.5 Å². The van der Waals surface area contributed by atoms with Crippen molar-refractivity contribution in [2.45, 2.75) is 45.8 Å². The summed E-state index contributed by atoms with van der Waals surface area (Å²) in [5, 5.41) is 2.87. The fourth-order valence-electron chi connectivity index (χ4n) is 2.02. The van der Waals surface area contributed by atoms with Gasteiger partial charge in [-0.3, -0.25) is 9.69 Å². The number of carbonyl (C=O) groups excluding carboxylic acids is 1. The van der Waals surface area contributed by atoms with Gasteiger partial charge in [0.25, 0.3) is 0 Å². The second-order valence-electron chi connectivity index (χ2n) is 5.02. The molecule has 0 aromatic carbocycles. The van der Waals surface area contributed by atoms with Gasteiger partial charge in [-0.25, -0.2) is 0 Å². The molecule has 0 aliphatic heterocycles. The van der Waals surface area contributed by atoms with Crippen molar-refractivity contribution in [3.05, 3.63) is 24.2 Å². The molecule has 0 bridgehead atoms. The highest BCUT2D eigenvalue weighted by molar-refractivity contribution is 7.80. The normalized spacial score (nSPS) is 12.7. The van der Waals surface area contributed by atoms with Crippen LogP contribution in [0.4, 0.5) is 0 Å². The monoisotopic (exact) mass is 297 g/mol. The van der Waals surface area contributed by atoms with E-state index in [1.165, 1.54) is 0 Å². The van der Waals surface area contributed by atoms with Crippen LogP contribution < -0.4 is 11.1 Å². The Balaban J connectivity index is 2.52. The van der Waals surface area contributed by atoms with Crippen LogP contribution in [0.5, 0.6) is 0 Å². The standard InChI is InChI=1S/C14H23N3O2S/c1-10(2)17(7-6-13(15)20)11(3)14(18)16-9-12-5-4-8-19-12/h4-5,8,10-11H,6-7,9H2,1-3H3,(H2,15,20)(H,16,18). The summed E-state index contributed by atoms with van der Waals surface area (Å²) >= 11 is 4.90. The van der Waals surface area contributed by atoms with Crippen molar-refractivity contribution in [3.8, 4) is 0 Å². The molecule has 1 amide bonds. The Morgan fingerprint density at radius 1 is 1.50 bits per heavy atom. The summed E-state index contributed by atoms with van der Waals surface area (Å²) in [6.45, 7) is 7.07. The van der Waals surface area contributed by atoms with E-state index in [0.717, 1.165) is 5.76 Å². The zero-order valence-corrected chi connectivity index (χ0v) is 13.1. The maximum atomic E-state index is 12.2. The summed E-state index contributed by atoms with van der Waals surface area (Å²) < 4.78 is 5.19. The van der Waals surface area contributed by atoms with Gasteiger partial charge in [0.2, 0.25) is 5.91 Å². The van der Waals surface area contributed by atoms with Crippen LogP contribution in [0.2, 0.25) is 0 Å². The summed E-state index contributed by atoms with van der Waals surface area (Å²) in [6, 6.07) is 3.64. The molecule has 1 aromatic heterocycles. The Hall–Kier alpha value is -1.40. The lowest BCUT2D eigenvalue weighted by Gasteiger charge is -2.31. The van der Waals surface area contributed by atoms with Gasteiger partial charge >= 0.3 is 0 Å². The lowest BCUT2D eigenvalue weighted by molar-refractivity contribution is -0.126. The molecular formula is C14H23N3O2S. The molecule has 0 fully saturated rings. The summed E-state index contributed by atoms with van der Waals surface area (Å²) in [5.74, 6) is 0.711. The summed E-state index contributed by atoms with van der Waals surface area (Å²) in [4.78, 5) is 14.7. The molecule has 1 aromatic rings. The molecule has 1 atom stereocenters. The number of furan rings is 1. The van der Waals surface area contributed by atoms with Crippen LogP contribution in [0.15, 0.2) is 22.8 Å². The van der Waals surface area contributed by atoms with Crippen molar-refractivity contribution in [1.82, 2.24) is 10.2 Å². The maximum Gasteiger partial charge on any atom is 0.237 e. The van der Waals surface area contributed by atoms with Crippen molar-refractivity contribution in [2.75, 3.05) is 6.54 Å². The molecule has 0 aliphatic carbocycles. The van der Waals surface area contributed by atoms with Crippen LogP contribution >= 0.6 is 12.2 Å². The topological polar surface area (TPSA) is 71.5 Å². The number of hydrogen-bond donors (Lipinski definition) is 2. The number of amides is 1. The van der Waals surface area contributed by atoms with Gasteiger partial charge in [-0.1, -0.05) is 12.2 Å². The van der Waals surface area contributed by atoms with E-state index in [1.807, 2.05) is 13.0 Å². The highest BCUT2D eigenvalue weighted by atomic mass is 32.1. The van der Waals surface area contributed by atoms with E-state index in [1.54, 1.807) is 12.3 Å². The van der Waals surface area contributed by atoms with Gasteiger partial charge in [0, 0.05) is 19.0 Å². The predicted octanol–water partition coefficient (Wildman–Crippen LogP) is 1.67. The van der Waals surface area contributed by atoms with E-state index in [4.69, 9.17) is 22.4 Å². The SMILES string of the molecule is CC(C)N(CCC(N)=S)C(C)C(=O)NCc1ccco1. The molecule has 6 heteroatoms. The van der Waals surface area contributed by atoms with Crippen LogP contribution in [0.1, 0.15) is 33.0 Å². The van der Waals surface area contributed by atoms with Gasteiger partial charge in [-0.2, -0.15) is 0 Å². The number of nitrogens with zero attached hydrogens (tertiary/aromatic N) is 1. The minimum Gasteiger partial charge on any atom is -0.467 e. The van der Waals surface area contributed by atoms with E-state index in [0.29, 0.717) is 24.5 Å². The maximum absolute atomic E-state index is 12.2. The van der Waals surface area contributed by atoms with Gasteiger partial charge in [0.1, 0.15) is 5.76 Å². The molecule has 3 N–H and O–H groups in total. The van der Waals surface area contributed by atoms with Gasteiger partial charge in [0.05, 0.1) is 23.8 Å². The quantitative estimate of drug-likeness (QED) is 0.714. The fraction of sp³-hybridized carbons (Fsp3) is 0.571. The number of thiocarbonyl (C=S) groups is 1. The molecule has 5 nitrogen and oxygen atoms in total. The molecule has 0 spiro atoms. The Kier molecular flexibility index (Phi) is 6.67. The molecule has 0 aliphatic rings. The van der Waals surface area contributed by atoms with Gasteiger partial charge in [0.15, 0.2) is 0 Å². The first-order valence-corrected chi connectivity index (χ1v) is 7.16. The molecule has 112 valence electrons. The minimum absolute atomic E-state index is 0.0296. The Morgan fingerprint density at radius 2 is 2.20 bits per heavy atom. The Morgan fingerprint density at radius 3 is 2.70 bits per heavy atom. The molecule has 0 saturated heterocycles. The first-order valence-electron chi connectivity index (χ1n) is 6.76. The van der Waals surface area contributed by atoms with E-state index in [2.05, 4.69) is 24.1 Å². The summed E-state index contributed by atoms with van der Waals surface area (Å²) in [6.07, 6.45) is 2.21. The van der Waals surface area contributed by atoms with Crippen LogP contribution in [0, 0.1) is 0 Å². The number of nitrogens with one attached hydrogen (secondary N) is 1. The molecule has 1 unspecified atom stereocenters. The molecule has 1 rings (SSSR count). The zero-order valence-electron chi connectivity index (χ0n) is 12.3. The van der Waals surface area contributed by atoms with Crippen molar-refractivity contribution < 1.29 is 9.21 Å². The Bertz CT molecular complexity index is 432. The molecule has 0 radical (unpaired) electrons. The van der Waals surface area contributed by atoms with E-state index in [-0.39, 0.29) is 18.0 Å². The lowest BCUT2D eigenvalue weighted by Crippen LogP contribution is -2.48. The Labute approximate surface area is 125 Å². The van der Waals surface area contributed by atoms with E-state index in [9.17, 15) is 4.79 Å². The van der Waals surface area contributed by atoms with Gasteiger partial charge in [-0.15, -0.1) is 0 Å². The average molecular weight is 297 g/mol. The number of rotatable bonds is 8. The van der Waals surface area contributed by atoms with Crippen molar-refractivity contribution in [2.24, 2.45) is 5.73 Å². The van der Waals surface area contributed by atoms with Crippen molar-refractivity contribution >= 4 is 23.1 Å². The number of hydrogen-bond acceptors (Lipinski definition) is 4. The first-order chi connectivity index (χ1) is 9.41. The summed E-state index contributed by atoms with van der Waals surface area (Å²) in [5.41, 5.74) is 5.53. The molecule has 20 heavy (non-hydrogen) atoms. The highest BCUT2D eigenvalue weighted by Crippen LogP contribution is 2.08. The first kappa shape index (κ1) is 16.7. The second kappa shape index (κ2) is 8.01. The zero-order chi connectivity index (χ0) is 15.1. The van der Waals surface area contributed by atoms with E-state index < -0.39 is 0 Å². The smallest absolute Gasteiger partial charge is 0.237 e. The predicted molar refractivity (Wildman–Crippen MR) is 83.3 cm³/mol. The van der Waals surface area contributed by atoms with Crippen molar-refractivity contribution in [3.63, 3.8) is 0 Å². The lowest BCUT2D eigenvalue weighted by atomic mass is 10.2. The fourth-order valence-corrected chi connectivity index (χ4v) is 2.12. The van der Waals surface area contributed by atoms with Crippen LogP contribution in [0.25, 0.3) is 0 Å². The average Bonchev–Trinajstić information content (AvgIpc) is 2.88. The second-order valence-corrected chi connectivity index (χ2v) is 5.55. The summed E-state index contributed by atoms with van der Waals surface area (Å²) in [7, 11) is 0. The largest absolute Gasteiger partial charge is 0.467 e. The number of nitrogens with two attached hydrogens (primary N) is 1. The van der Waals surface area contributed by atoms with Crippen LogP contribution in [-0.4, -0.2) is 34.4 Å². The third-order valence-electron chi connectivity index (χ3n) is 3.17. The van der Waals surface area contributed by atoms with Crippen LogP contribution in [0.3, 0.4) is 0 Å². The van der Waals surface area contributed by atoms with E-state index >= 15 is 0 Å². The molecular weight excluding hydrogens is 274 g/mol. The van der Waals surface area contributed by atoms with Gasteiger partial charge in [-0.05, 0) is 32.9 Å². The van der Waals surface area contributed by atoms with Crippen LogP contribution in [-0.2, 0) is 11.3 Å². The third kappa shape index (κ3) is 5.30. The molecule has 1 heterocycles. The minimum atomic E-state index is -0.237. The number of carbonyl (C=O) groups is 1. The molecule has 0 saturated carbocycles. The highest BCUT2D eigenvalue weighted by Gasteiger charge is 2.23. The third-order valence-corrected chi connectivity index (χ3v) is 3.38.